The van der Waals surface area contributed by atoms with E-state index < -0.39 is 0 Å². The van der Waals surface area contributed by atoms with Crippen LogP contribution in [0.5, 0.6) is 0 Å². The number of quaternary nitrogens is 1. The Balaban J connectivity index is 1.68. The molecule has 6 nitrogen and oxygen atoms in total. The molecule has 2 aliphatic heterocycles. The third-order valence-corrected chi connectivity index (χ3v) is 5.43. The average Bonchev–Trinajstić information content (AvgIpc) is 3.30. The molecule has 26 heavy (non-hydrogen) atoms. The zero-order valence-electron chi connectivity index (χ0n) is 15.9. The maximum atomic E-state index is 4.86. The molecule has 0 radical (unpaired) electrons. The van der Waals surface area contributed by atoms with Crippen LogP contribution < -0.4 is 9.80 Å². The molecule has 0 spiro atoms. The van der Waals surface area contributed by atoms with E-state index in [-0.39, 0.29) is 0 Å². The smallest absolute Gasteiger partial charge is 0.141 e. The molecule has 0 unspecified atom stereocenters. The second-order valence-electron chi connectivity index (χ2n) is 7.42. The summed E-state index contributed by atoms with van der Waals surface area (Å²) in [5, 5.41) is 11.9. The molecule has 2 aliphatic rings. The van der Waals surface area contributed by atoms with Crippen molar-refractivity contribution < 1.29 is 4.90 Å². The largest absolute Gasteiger partial charge is 0.356 e. The third kappa shape index (κ3) is 3.46. The Labute approximate surface area is 155 Å². The summed E-state index contributed by atoms with van der Waals surface area (Å²) in [6, 6.07) is 10.4. The lowest BCUT2D eigenvalue weighted by atomic mass is 10.2. The van der Waals surface area contributed by atoms with Gasteiger partial charge in [0, 0.05) is 13.1 Å². The number of nitrogens with zero attached hydrogens (tertiary/aromatic N) is 5. The topological polar surface area (TPSA) is 41.1 Å². The number of para-hydroxylation sites is 1. The van der Waals surface area contributed by atoms with Crippen LogP contribution in [0.2, 0.25) is 0 Å². The lowest BCUT2D eigenvalue weighted by molar-refractivity contribution is -0.884. The normalized spacial score (nSPS) is 19.0. The van der Waals surface area contributed by atoms with Gasteiger partial charge in [-0.2, -0.15) is 10.2 Å². The predicted octanol–water partition coefficient (Wildman–Crippen LogP) is 0.945. The van der Waals surface area contributed by atoms with Crippen molar-refractivity contribution in [2.75, 3.05) is 51.2 Å². The van der Waals surface area contributed by atoms with Crippen LogP contribution >= 0.6 is 0 Å². The van der Waals surface area contributed by atoms with Gasteiger partial charge >= 0.3 is 0 Å². The highest BCUT2D eigenvalue weighted by Gasteiger charge is 2.24. The molecule has 4 rings (SSSR count). The van der Waals surface area contributed by atoms with Crippen LogP contribution in [-0.4, -0.2) is 67.3 Å². The van der Waals surface area contributed by atoms with Crippen LogP contribution in [0.25, 0.3) is 5.69 Å². The fourth-order valence-corrected chi connectivity index (χ4v) is 3.79. The molecule has 2 aromatic rings. The van der Waals surface area contributed by atoms with Crippen molar-refractivity contribution >= 4 is 12.0 Å². The van der Waals surface area contributed by atoms with Crippen molar-refractivity contribution in [3.63, 3.8) is 0 Å². The van der Waals surface area contributed by atoms with E-state index in [1.165, 1.54) is 18.7 Å². The molecule has 1 N–H and O–H groups in total. The van der Waals surface area contributed by atoms with E-state index in [2.05, 4.69) is 52.8 Å². The van der Waals surface area contributed by atoms with Crippen molar-refractivity contribution in [1.29, 1.82) is 0 Å². The van der Waals surface area contributed by atoms with E-state index in [9.17, 15) is 0 Å². The van der Waals surface area contributed by atoms with Crippen molar-refractivity contribution in [3.8, 4) is 5.69 Å². The quantitative estimate of drug-likeness (QED) is 0.832. The van der Waals surface area contributed by atoms with Gasteiger partial charge in [0.15, 0.2) is 0 Å². The maximum Gasteiger partial charge on any atom is 0.141 e. The van der Waals surface area contributed by atoms with Gasteiger partial charge in [0.2, 0.25) is 0 Å². The molecule has 0 atom stereocenters. The minimum Gasteiger partial charge on any atom is -0.356 e. The number of nitrogens with one attached hydrogen (secondary N) is 1. The summed E-state index contributed by atoms with van der Waals surface area (Å²) in [6.07, 6.45) is 4.53. The number of anilines is 1. The van der Waals surface area contributed by atoms with Gasteiger partial charge in [-0.15, -0.1) is 0 Å². The van der Waals surface area contributed by atoms with Gasteiger partial charge < -0.3 is 9.80 Å². The fourth-order valence-electron chi connectivity index (χ4n) is 3.79. The van der Waals surface area contributed by atoms with Crippen LogP contribution in [0.4, 0.5) is 5.82 Å². The number of aromatic nitrogens is 2. The van der Waals surface area contributed by atoms with Crippen LogP contribution in [0, 0.1) is 6.92 Å². The first kappa shape index (κ1) is 17.1. The second kappa shape index (κ2) is 7.50. The molecule has 2 saturated heterocycles. The zero-order chi connectivity index (χ0) is 17.9. The summed E-state index contributed by atoms with van der Waals surface area (Å²) in [5.74, 6) is 1.19. The summed E-state index contributed by atoms with van der Waals surface area (Å²) in [7, 11) is 2.25. The number of hydrogen-bond donors (Lipinski definition) is 1. The Hall–Kier alpha value is -2.34. The number of benzene rings is 1. The third-order valence-electron chi connectivity index (χ3n) is 5.43. The molecular formula is C20H29N6+. The Morgan fingerprint density at radius 2 is 1.73 bits per heavy atom. The fraction of sp³-hybridized carbons (Fsp3) is 0.500. The van der Waals surface area contributed by atoms with Gasteiger partial charge in [0.1, 0.15) is 5.82 Å². The molecule has 6 heteroatoms. The van der Waals surface area contributed by atoms with E-state index in [0.717, 1.165) is 56.2 Å². The second-order valence-corrected chi connectivity index (χ2v) is 7.42. The first-order valence-electron chi connectivity index (χ1n) is 9.72. The Morgan fingerprint density at radius 3 is 2.42 bits per heavy atom. The lowest BCUT2D eigenvalue weighted by Gasteiger charge is -2.27. The summed E-state index contributed by atoms with van der Waals surface area (Å²) in [6.45, 7) is 8.62. The molecule has 0 bridgehead atoms. The Bertz CT molecular complexity index is 752. The number of hydrogen-bond acceptors (Lipinski definition) is 4. The van der Waals surface area contributed by atoms with Gasteiger partial charge in [-0.05, 0) is 31.9 Å². The van der Waals surface area contributed by atoms with Gasteiger partial charge in [-0.1, -0.05) is 18.2 Å². The minimum atomic E-state index is 1.02. The van der Waals surface area contributed by atoms with Gasteiger partial charge in [0.25, 0.3) is 0 Å². The molecule has 1 aromatic carbocycles. The summed E-state index contributed by atoms with van der Waals surface area (Å²) >= 11 is 0. The molecule has 0 saturated carbocycles. The van der Waals surface area contributed by atoms with Crippen LogP contribution in [0.15, 0.2) is 35.4 Å². The molecule has 138 valence electrons. The van der Waals surface area contributed by atoms with Gasteiger partial charge in [-0.3, -0.25) is 5.01 Å². The first-order valence-corrected chi connectivity index (χ1v) is 9.72. The van der Waals surface area contributed by atoms with Crippen LogP contribution in [0.1, 0.15) is 24.1 Å². The van der Waals surface area contributed by atoms with Crippen molar-refractivity contribution in [3.05, 3.63) is 41.6 Å². The van der Waals surface area contributed by atoms with E-state index in [0.29, 0.717) is 0 Å². The number of hydrazone groups is 1. The highest BCUT2D eigenvalue weighted by molar-refractivity contribution is 5.89. The van der Waals surface area contributed by atoms with Crippen molar-refractivity contribution in [2.45, 2.75) is 19.8 Å². The monoisotopic (exact) mass is 353 g/mol. The van der Waals surface area contributed by atoms with E-state index in [1.807, 2.05) is 12.3 Å². The average molecular weight is 353 g/mol. The minimum absolute atomic E-state index is 1.02. The number of aryl methyl sites for hydroxylation is 1. The Kier molecular flexibility index (Phi) is 4.93. The molecule has 1 aromatic heterocycles. The van der Waals surface area contributed by atoms with Crippen LogP contribution in [-0.2, 0) is 0 Å². The molecular weight excluding hydrogens is 324 g/mol. The molecule has 0 amide bonds. The zero-order valence-corrected chi connectivity index (χ0v) is 15.9. The van der Waals surface area contributed by atoms with Gasteiger partial charge in [-0.25, -0.2) is 4.68 Å². The SMILES string of the molecule is Cc1nn(-c2ccccc2)c(N2CCCC2)c1/C=N\N1CC[NH+](C)CC1. The van der Waals surface area contributed by atoms with Crippen LogP contribution in [0.3, 0.4) is 0 Å². The molecule has 3 heterocycles. The van der Waals surface area contributed by atoms with Gasteiger partial charge in [0.05, 0.1) is 56.4 Å². The van der Waals surface area contributed by atoms with Crippen molar-refractivity contribution in [1.82, 2.24) is 14.8 Å². The number of rotatable bonds is 4. The van der Waals surface area contributed by atoms with E-state index >= 15 is 0 Å². The van der Waals surface area contributed by atoms with E-state index in [1.54, 1.807) is 4.90 Å². The first-order chi connectivity index (χ1) is 12.7. The van der Waals surface area contributed by atoms with E-state index in [4.69, 9.17) is 10.2 Å². The standard InChI is InChI=1S/C20H28N6/c1-17-19(16-21-25-14-12-23(2)13-15-25)20(24-10-6-7-11-24)26(22-17)18-8-4-3-5-9-18/h3-5,8-9,16H,6-7,10-15H2,1-2H3/p+1/b21-16-. The predicted molar refractivity (Wildman–Crippen MR) is 106 cm³/mol. The highest BCUT2D eigenvalue weighted by atomic mass is 15.5. The summed E-state index contributed by atoms with van der Waals surface area (Å²) in [4.78, 5) is 4.05. The number of piperazine rings is 1. The lowest BCUT2D eigenvalue weighted by Crippen LogP contribution is -3.11. The summed E-state index contributed by atoms with van der Waals surface area (Å²) < 4.78 is 2.09. The number of likely N-dealkylation sites (N-methyl/N-ethyl adjacent to an activating group) is 1. The molecule has 2 fully saturated rings. The molecule has 0 aliphatic carbocycles. The highest BCUT2D eigenvalue weighted by Crippen LogP contribution is 2.29. The Morgan fingerprint density at radius 1 is 1.04 bits per heavy atom. The maximum absolute atomic E-state index is 4.86. The van der Waals surface area contributed by atoms with Crippen molar-refractivity contribution in [2.24, 2.45) is 5.10 Å². The summed E-state index contributed by atoms with van der Waals surface area (Å²) in [5.41, 5.74) is 3.31.